The lowest BCUT2D eigenvalue weighted by Gasteiger charge is -2.17. The molecule has 3 nitrogen and oxygen atoms in total. The molecular weight excluding hydrogens is 174 g/mol. The Balaban J connectivity index is 0.000000791. The van der Waals surface area contributed by atoms with Gasteiger partial charge >= 0.3 is 0 Å². The van der Waals surface area contributed by atoms with E-state index in [0.29, 0.717) is 0 Å². The first-order valence-corrected chi connectivity index (χ1v) is 4.96. The minimum Gasteiger partial charge on any atom is -0.300 e. The summed E-state index contributed by atoms with van der Waals surface area (Å²) in [6, 6.07) is 10.6. The van der Waals surface area contributed by atoms with E-state index in [1.165, 1.54) is 5.56 Å². The molecule has 0 bridgehead atoms. The van der Waals surface area contributed by atoms with Crippen molar-refractivity contribution in [3.8, 4) is 0 Å². The molecule has 0 aliphatic carbocycles. The third-order valence-electron chi connectivity index (χ3n) is 2.14. The van der Waals surface area contributed by atoms with E-state index in [9.17, 15) is 0 Å². The molecule has 0 spiro atoms. The molecule has 0 aliphatic heterocycles. The van der Waals surface area contributed by atoms with Crippen LogP contribution in [0.1, 0.15) is 19.4 Å². The Morgan fingerprint density at radius 1 is 1.00 bits per heavy atom. The van der Waals surface area contributed by atoms with Gasteiger partial charge in [-0.3, -0.25) is 16.6 Å². The van der Waals surface area contributed by atoms with Crippen LogP contribution in [-0.4, -0.2) is 18.0 Å². The monoisotopic (exact) mass is 195 g/mol. The summed E-state index contributed by atoms with van der Waals surface area (Å²) in [5, 5.41) is 0. The van der Waals surface area contributed by atoms with Crippen LogP contribution in [0.25, 0.3) is 0 Å². The summed E-state index contributed by atoms with van der Waals surface area (Å²) in [6.07, 6.45) is 0. The number of nitrogens with two attached hydrogens (primary N) is 2. The number of nitrogens with zero attached hydrogens (tertiary/aromatic N) is 1. The largest absolute Gasteiger partial charge is 0.300 e. The molecule has 0 fully saturated rings. The van der Waals surface area contributed by atoms with Gasteiger partial charge in [0.05, 0.1) is 0 Å². The second kappa shape index (κ2) is 8.69. The van der Waals surface area contributed by atoms with E-state index in [4.69, 9.17) is 0 Å². The van der Waals surface area contributed by atoms with Gasteiger partial charge in [-0.1, -0.05) is 44.2 Å². The van der Waals surface area contributed by atoms with Gasteiger partial charge in [-0.2, -0.15) is 0 Å². The summed E-state index contributed by atoms with van der Waals surface area (Å²) in [5.41, 5.74) is 1.40. The molecule has 0 aromatic heterocycles. The predicted octanol–water partition coefficient (Wildman–Crippen LogP) is 1.35. The lowest BCUT2D eigenvalue weighted by atomic mass is 10.2. The Hall–Kier alpha value is -0.900. The molecule has 1 aromatic carbocycles. The van der Waals surface area contributed by atoms with Crippen LogP contribution in [0.4, 0.5) is 0 Å². The van der Waals surface area contributed by atoms with Crippen molar-refractivity contribution in [3.05, 3.63) is 35.9 Å². The van der Waals surface area contributed by atoms with Crippen LogP contribution in [0.5, 0.6) is 0 Å². The van der Waals surface area contributed by atoms with E-state index in [1.807, 2.05) is 0 Å². The lowest BCUT2D eigenvalue weighted by Crippen LogP contribution is -2.21. The smallest absolute Gasteiger partial charge is 0.0233 e. The van der Waals surface area contributed by atoms with E-state index < -0.39 is 0 Å². The molecule has 0 amide bonds. The van der Waals surface area contributed by atoms with E-state index in [1.54, 1.807) is 0 Å². The Bertz CT molecular complexity index is 207. The second-order valence-electron chi connectivity index (χ2n) is 2.95. The molecule has 0 heterocycles. The van der Waals surface area contributed by atoms with E-state index in [-0.39, 0.29) is 0 Å². The highest BCUT2D eigenvalue weighted by atomic mass is 15.1. The summed E-state index contributed by atoms with van der Waals surface area (Å²) in [4.78, 5) is 2.41. The molecule has 1 rings (SSSR count). The fourth-order valence-corrected chi connectivity index (χ4v) is 1.29. The Kier molecular flexibility index (Phi) is 8.13. The van der Waals surface area contributed by atoms with Crippen molar-refractivity contribution < 1.29 is 0 Å². The predicted molar refractivity (Wildman–Crippen MR) is 61.4 cm³/mol. The highest BCUT2D eigenvalue weighted by molar-refractivity contribution is 5.14. The normalized spacial score (nSPS) is 9.50. The van der Waals surface area contributed by atoms with Crippen molar-refractivity contribution in [3.63, 3.8) is 0 Å². The summed E-state index contributed by atoms with van der Waals surface area (Å²) in [7, 11) is 0. The summed E-state index contributed by atoms with van der Waals surface area (Å²) < 4.78 is 0. The van der Waals surface area contributed by atoms with Crippen LogP contribution in [0.15, 0.2) is 30.3 Å². The fraction of sp³-hybridized carbons (Fsp3) is 0.455. The van der Waals surface area contributed by atoms with Crippen LogP contribution >= 0.6 is 0 Å². The van der Waals surface area contributed by atoms with Gasteiger partial charge in [-0.25, -0.2) is 0 Å². The maximum atomic E-state index is 4.00. The van der Waals surface area contributed by atoms with Crippen molar-refractivity contribution in [2.75, 3.05) is 13.1 Å². The molecule has 0 radical (unpaired) electrons. The van der Waals surface area contributed by atoms with Crippen LogP contribution in [0.3, 0.4) is 0 Å². The van der Waals surface area contributed by atoms with Crippen LogP contribution in [0, 0.1) is 0 Å². The maximum absolute atomic E-state index is 4.00. The van der Waals surface area contributed by atoms with Crippen molar-refractivity contribution in [1.29, 1.82) is 0 Å². The Morgan fingerprint density at radius 2 is 1.50 bits per heavy atom. The van der Waals surface area contributed by atoms with Gasteiger partial charge in [0.2, 0.25) is 0 Å². The highest BCUT2D eigenvalue weighted by Crippen LogP contribution is 2.02. The number of rotatable bonds is 4. The standard InChI is InChI=1S/C11H17N.H4N2/c1-3-12(4-2)10-11-8-6-5-7-9-11;1-2/h5-9H,3-4,10H2,1-2H3;1-2H2. The van der Waals surface area contributed by atoms with Gasteiger partial charge in [0.1, 0.15) is 0 Å². The fourth-order valence-electron chi connectivity index (χ4n) is 1.29. The minimum absolute atomic E-state index is 1.08. The number of hydrazine groups is 1. The minimum atomic E-state index is 1.08. The molecule has 80 valence electrons. The zero-order chi connectivity index (χ0) is 10.8. The second-order valence-corrected chi connectivity index (χ2v) is 2.95. The van der Waals surface area contributed by atoms with Gasteiger partial charge in [0.15, 0.2) is 0 Å². The first-order chi connectivity index (χ1) is 6.86. The number of hydrogen-bond donors (Lipinski definition) is 2. The number of benzene rings is 1. The van der Waals surface area contributed by atoms with E-state index in [2.05, 4.69) is 60.8 Å². The third-order valence-corrected chi connectivity index (χ3v) is 2.14. The summed E-state index contributed by atoms with van der Waals surface area (Å²) >= 11 is 0. The summed E-state index contributed by atoms with van der Waals surface area (Å²) in [6.45, 7) is 7.74. The van der Waals surface area contributed by atoms with E-state index in [0.717, 1.165) is 19.6 Å². The van der Waals surface area contributed by atoms with Crippen molar-refractivity contribution in [2.24, 2.45) is 11.7 Å². The lowest BCUT2D eigenvalue weighted by molar-refractivity contribution is 0.296. The van der Waals surface area contributed by atoms with Gasteiger partial charge in [0.25, 0.3) is 0 Å². The SMILES string of the molecule is CCN(CC)Cc1ccccc1.NN. The molecule has 4 N–H and O–H groups in total. The molecule has 0 saturated heterocycles. The first kappa shape index (κ1) is 13.1. The molecule has 0 saturated carbocycles. The molecule has 1 aromatic rings. The topological polar surface area (TPSA) is 55.3 Å². The van der Waals surface area contributed by atoms with Gasteiger partial charge in [0, 0.05) is 6.54 Å². The first-order valence-electron chi connectivity index (χ1n) is 4.96. The van der Waals surface area contributed by atoms with Crippen LogP contribution in [0.2, 0.25) is 0 Å². The van der Waals surface area contributed by atoms with Gasteiger partial charge in [-0.05, 0) is 18.7 Å². The Labute approximate surface area is 86.7 Å². The van der Waals surface area contributed by atoms with E-state index >= 15 is 0 Å². The average molecular weight is 195 g/mol. The van der Waals surface area contributed by atoms with Gasteiger partial charge < -0.3 is 0 Å². The maximum Gasteiger partial charge on any atom is 0.0233 e. The van der Waals surface area contributed by atoms with Crippen molar-refractivity contribution in [2.45, 2.75) is 20.4 Å². The molecule has 0 atom stereocenters. The quantitative estimate of drug-likeness (QED) is 0.563. The summed E-state index contributed by atoms with van der Waals surface area (Å²) in [5.74, 6) is 8.00. The zero-order valence-electron chi connectivity index (χ0n) is 9.11. The highest BCUT2D eigenvalue weighted by Gasteiger charge is 1.98. The third kappa shape index (κ3) is 4.97. The molecule has 3 heteroatoms. The van der Waals surface area contributed by atoms with Crippen molar-refractivity contribution in [1.82, 2.24) is 4.90 Å². The zero-order valence-corrected chi connectivity index (χ0v) is 9.11. The van der Waals surface area contributed by atoms with Crippen LogP contribution in [-0.2, 0) is 6.54 Å². The van der Waals surface area contributed by atoms with Crippen molar-refractivity contribution >= 4 is 0 Å². The van der Waals surface area contributed by atoms with Crippen LogP contribution < -0.4 is 11.7 Å². The molecule has 0 unspecified atom stereocenters. The average Bonchev–Trinajstić information content (AvgIpc) is 2.30. The van der Waals surface area contributed by atoms with Gasteiger partial charge in [-0.15, -0.1) is 0 Å². The molecule has 14 heavy (non-hydrogen) atoms. The molecular formula is C11H21N3. The Morgan fingerprint density at radius 3 is 1.93 bits per heavy atom. The molecule has 0 aliphatic rings. The number of hydrogen-bond acceptors (Lipinski definition) is 3.